The van der Waals surface area contributed by atoms with Gasteiger partial charge in [-0.1, -0.05) is 18.2 Å². The predicted octanol–water partition coefficient (Wildman–Crippen LogP) is 7.27. The highest BCUT2D eigenvalue weighted by atomic mass is 35.5. The molecule has 0 fully saturated rings. The van der Waals surface area contributed by atoms with E-state index in [1.807, 2.05) is 31.2 Å². The molecule has 0 saturated carbocycles. The van der Waals surface area contributed by atoms with Gasteiger partial charge in [-0.15, -0.1) is 0 Å². The third-order valence-electron chi connectivity index (χ3n) is 5.99. The summed E-state index contributed by atoms with van der Waals surface area (Å²) in [5, 5.41) is 1.29. The lowest BCUT2D eigenvalue weighted by molar-refractivity contribution is -0.133. The average molecular weight is 548 g/mol. The molecule has 0 aliphatic rings. The van der Waals surface area contributed by atoms with Crippen LogP contribution < -0.4 is 9.47 Å². The van der Waals surface area contributed by atoms with Crippen LogP contribution in [0.4, 0.5) is 0 Å². The molecule has 196 valence electrons. The molecular weight excluding hydrogens is 518 g/mol. The summed E-state index contributed by atoms with van der Waals surface area (Å²) in [6.07, 6.45) is -0.0242. The maximum atomic E-state index is 13.5. The number of hydrogen-bond donors (Lipinski definition) is 0. The van der Waals surface area contributed by atoms with Crippen molar-refractivity contribution in [2.24, 2.45) is 0 Å². The fourth-order valence-corrected chi connectivity index (χ4v) is 5.23. The van der Waals surface area contributed by atoms with Crippen molar-refractivity contribution in [3.63, 3.8) is 0 Å². The topological polar surface area (TPSA) is 66.8 Å². The molecule has 0 N–H and O–H groups in total. The van der Waals surface area contributed by atoms with Gasteiger partial charge in [-0.05, 0) is 98.9 Å². The van der Waals surface area contributed by atoms with Crippen LogP contribution in [0.1, 0.15) is 27.2 Å². The van der Waals surface area contributed by atoms with E-state index in [1.165, 1.54) is 0 Å². The number of carbonyl (C=O) groups excluding carboxylic acids is 2. The highest BCUT2D eigenvalue weighted by Gasteiger charge is 2.23. The molecule has 0 spiro atoms. The van der Waals surface area contributed by atoms with Crippen molar-refractivity contribution in [3.8, 4) is 11.5 Å². The van der Waals surface area contributed by atoms with Gasteiger partial charge < -0.3 is 13.9 Å². The van der Waals surface area contributed by atoms with Gasteiger partial charge in [-0.3, -0.25) is 14.2 Å². The SMILES string of the molecule is C=C(O[Si](C)(C)C)c1ccc(OC(=O)Cc2c(C)n(C(=O)c3ccc(Cl)cc3)c3ccc(OC)cc23)cc1. The van der Waals surface area contributed by atoms with Gasteiger partial charge in [0.25, 0.3) is 5.91 Å². The van der Waals surface area contributed by atoms with Gasteiger partial charge >= 0.3 is 5.97 Å². The number of hydrogen-bond acceptors (Lipinski definition) is 5. The Balaban J connectivity index is 1.61. The highest BCUT2D eigenvalue weighted by molar-refractivity contribution is 6.70. The van der Waals surface area contributed by atoms with E-state index in [2.05, 4.69) is 26.2 Å². The number of halogens is 1. The zero-order valence-electron chi connectivity index (χ0n) is 22.1. The standard InChI is InChI=1S/C30H30ClNO5Si/c1-19-26(18-29(33)36-24-13-9-21(10-14-24)20(2)37-38(4,5)6)27-17-25(35-3)15-16-28(27)32(19)30(34)22-7-11-23(31)12-8-22/h7-17H,2,18H2,1,3-6H3. The van der Waals surface area contributed by atoms with Crippen LogP contribution in [0.25, 0.3) is 16.7 Å². The van der Waals surface area contributed by atoms with Crippen molar-refractivity contribution in [3.05, 3.63) is 101 Å². The summed E-state index contributed by atoms with van der Waals surface area (Å²) in [5.74, 6) is 0.976. The van der Waals surface area contributed by atoms with E-state index in [4.69, 9.17) is 25.5 Å². The quantitative estimate of drug-likeness (QED) is 0.100. The third kappa shape index (κ3) is 6.01. The van der Waals surface area contributed by atoms with Crippen LogP contribution in [0, 0.1) is 6.92 Å². The Morgan fingerprint density at radius 3 is 2.13 bits per heavy atom. The summed E-state index contributed by atoms with van der Waals surface area (Å²) < 4.78 is 18.6. The second kappa shape index (κ2) is 10.9. The summed E-state index contributed by atoms with van der Waals surface area (Å²) in [6.45, 7) is 12.1. The van der Waals surface area contributed by atoms with Crippen LogP contribution in [-0.2, 0) is 15.6 Å². The van der Waals surface area contributed by atoms with E-state index < -0.39 is 14.3 Å². The van der Waals surface area contributed by atoms with Gasteiger partial charge in [-0.25, -0.2) is 0 Å². The molecule has 4 rings (SSSR count). The zero-order valence-corrected chi connectivity index (χ0v) is 23.9. The minimum Gasteiger partial charge on any atom is -0.544 e. The van der Waals surface area contributed by atoms with Gasteiger partial charge in [0.1, 0.15) is 17.3 Å². The number of carbonyl (C=O) groups is 2. The summed E-state index contributed by atoms with van der Waals surface area (Å²) in [6, 6.07) is 19.2. The summed E-state index contributed by atoms with van der Waals surface area (Å²) in [5.41, 5.74) is 3.34. The van der Waals surface area contributed by atoms with E-state index in [9.17, 15) is 9.59 Å². The molecule has 0 aliphatic heterocycles. The van der Waals surface area contributed by atoms with Crippen LogP contribution in [0.2, 0.25) is 24.7 Å². The maximum Gasteiger partial charge on any atom is 0.315 e. The average Bonchev–Trinajstić information content (AvgIpc) is 3.13. The molecular formula is C30H30ClNO5Si. The lowest BCUT2D eigenvalue weighted by Gasteiger charge is -2.21. The molecule has 0 amide bonds. The molecule has 1 aromatic heterocycles. The Kier molecular flexibility index (Phi) is 7.80. The molecule has 1 heterocycles. The van der Waals surface area contributed by atoms with Crippen LogP contribution >= 0.6 is 11.6 Å². The van der Waals surface area contributed by atoms with Gasteiger partial charge in [0, 0.05) is 27.2 Å². The zero-order chi connectivity index (χ0) is 27.6. The lowest BCUT2D eigenvalue weighted by Crippen LogP contribution is -2.24. The highest BCUT2D eigenvalue weighted by Crippen LogP contribution is 2.31. The summed E-state index contributed by atoms with van der Waals surface area (Å²) in [7, 11) is -0.203. The first kappa shape index (κ1) is 27.2. The number of fused-ring (bicyclic) bond motifs is 1. The van der Waals surface area contributed by atoms with Gasteiger partial charge in [0.15, 0.2) is 0 Å². The van der Waals surface area contributed by atoms with Crippen molar-refractivity contribution >= 4 is 48.5 Å². The molecule has 8 heteroatoms. The molecule has 6 nitrogen and oxygen atoms in total. The monoisotopic (exact) mass is 547 g/mol. The van der Waals surface area contributed by atoms with E-state index in [0.717, 1.165) is 10.9 Å². The Morgan fingerprint density at radius 2 is 1.53 bits per heavy atom. The Morgan fingerprint density at radius 1 is 0.921 bits per heavy atom. The Labute approximate surface area is 228 Å². The van der Waals surface area contributed by atoms with E-state index >= 15 is 0 Å². The molecule has 0 radical (unpaired) electrons. The number of esters is 1. The van der Waals surface area contributed by atoms with Crippen molar-refractivity contribution < 1.29 is 23.5 Å². The lowest BCUT2D eigenvalue weighted by atomic mass is 10.1. The Hall–Kier alpha value is -3.81. The van der Waals surface area contributed by atoms with E-state index in [-0.39, 0.29) is 12.3 Å². The largest absolute Gasteiger partial charge is 0.544 e. The molecule has 0 saturated heterocycles. The molecule has 3 aromatic carbocycles. The molecule has 0 bridgehead atoms. The summed E-state index contributed by atoms with van der Waals surface area (Å²) in [4.78, 5) is 26.5. The van der Waals surface area contributed by atoms with Gasteiger partial charge in [-0.2, -0.15) is 0 Å². The number of rotatable bonds is 8. The molecule has 4 aromatic rings. The summed E-state index contributed by atoms with van der Waals surface area (Å²) >= 11 is 6.01. The minimum atomic E-state index is -1.78. The number of nitrogens with zero attached hydrogens (tertiary/aromatic N) is 1. The molecule has 0 atom stereocenters. The number of ether oxygens (including phenoxy) is 2. The van der Waals surface area contributed by atoms with Crippen molar-refractivity contribution in [1.29, 1.82) is 0 Å². The Bertz CT molecular complexity index is 1520. The molecule has 0 aliphatic carbocycles. The number of methoxy groups -OCH3 is 1. The third-order valence-corrected chi connectivity index (χ3v) is 7.11. The first-order valence-electron chi connectivity index (χ1n) is 12.1. The fourth-order valence-electron chi connectivity index (χ4n) is 4.25. The first-order valence-corrected chi connectivity index (χ1v) is 15.9. The van der Waals surface area contributed by atoms with Crippen molar-refractivity contribution in [2.75, 3.05) is 7.11 Å². The first-order chi connectivity index (χ1) is 18.0. The number of aromatic nitrogens is 1. The van der Waals surface area contributed by atoms with Crippen molar-refractivity contribution in [1.82, 2.24) is 4.57 Å². The van der Waals surface area contributed by atoms with Crippen LogP contribution in [0.5, 0.6) is 11.5 Å². The second-order valence-corrected chi connectivity index (χ2v) is 14.8. The second-order valence-electron chi connectivity index (χ2n) is 9.91. The molecule has 0 unspecified atom stereocenters. The maximum absolute atomic E-state index is 13.5. The van der Waals surface area contributed by atoms with Gasteiger partial charge in [0.2, 0.25) is 8.32 Å². The van der Waals surface area contributed by atoms with Crippen molar-refractivity contribution in [2.45, 2.75) is 33.0 Å². The van der Waals surface area contributed by atoms with E-state index in [1.54, 1.807) is 54.1 Å². The van der Waals surface area contributed by atoms with Gasteiger partial charge in [0.05, 0.1) is 19.0 Å². The smallest absolute Gasteiger partial charge is 0.315 e. The normalized spacial score (nSPS) is 11.3. The van der Waals surface area contributed by atoms with Crippen LogP contribution in [0.15, 0.2) is 73.3 Å². The minimum absolute atomic E-state index is 0.0242. The molecule has 38 heavy (non-hydrogen) atoms. The fraction of sp³-hybridized carbons (Fsp3) is 0.200. The predicted molar refractivity (Wildman–Crippen MR) is 154 cm³/mol. The van der Waals surface area contributed by atoms with Crippen LogP contribution in [0.3, 0.4) is 0 Å². The van der Waals surface area contributed by atoms with E-state index in [0.29, 0.717) is 44.6 Å². The van der Waals surface area contributed by atoms with Crippen LogP contribution in [-0.4, -0.2) is 31.9 Å². The number of benzene rings is 3.